The molecule has 3 aromatic rings. The van der Waals surface area contributed by atoms with E-state index in [0.29, 0.717) is 16.6 Å². The van der Waals surface area contributed by atoms with Crippen LogP contribution in [0.15, 0.2) is 47.6 Å². The van der Waals surface area contributed by atoms with E-state index in [-0.39, 0.29) is 24.0 Å². The number of aromatic nitrogens is 3. The number of rotatable bonds is 8. The van der Waals surface area contributed by atoms with Gasteiger partial charge in [0.05, 0.1) is 0 Å². The first-order valence-corrected chi connectivity index (χ1v) is 10.2. The fraction of sp³-hybridized carbons (Fsp3) is 0.350. The summed E-state index contributed by atoms with van der Waals surface area (Å²) in [6.45, 7) is 4.30. The zero-order valence-electron chi connectivity index (χ0n) is 16.2. The van der Waals surface area contributed by atoms with Gasteiger partial charge < -0.3 is 10.6 Å². The average molecular weight is 547 g/mol. The maximum Gasteiger partial charge on any atom is 0.191 e. The van der Waals surface area contributed by atoms with E-state index in [1.807, 2.05) is 40.9 Å². The monoisotopic (exact) mass is 546 g/mol. The Balaban J connectivity index is 0.00000300. The summed E-state index contributed by atoms with van der Waals surface area (Å²) in [5.74, 6) is 1.73. The van der Waals surface area contributed by atoms with Crippen molar-refractivity contribution in [2.75, 3.05) is 19.6 Å². The molecule has 9 heteroatoms. The summed E-state index contributed by atoms with van der Waals surface area (Å²) in [5.41, 5.74) is 1.96. The normalized spacial score (nSPS) is 11.3. The highest BCUT2D eigenvalue weighted by Crippen LogP contribution is 2.21. The summed E-state index contributed by atoms with van der Waals surface area (Å²) in [4.78, 5) is 4.64. The van der Waals surface area contributed by atoms with Gasteiger partial charge in [0, 0.05) is 42.3 Å². The molecule has 0 bridgehead atoms. The fourth-order valence-corrected chi connectivity index (χ4v) is 3.38. The number of fused-ring (bicyclic) bond motifs is 1. The second kappa shape index (κ2) is 12.2. The standard InChI is InChI=1S/C20H24Cl2N6.HI/c1-2-23-20(24-11-5-6-15-8-9-16(21)14-17(15)22)25-12-10-19-27-26-18-7-3-4-13-28(18)19;/h3-4,7-9,13-14H,2,5-6,10-12H2,1H3,(H2,23,24,25);1H. The molecule has 0 amide bonds. The Morgan fingerprint density at radius 1 is 1.10 bits per heavy atom. The molecule has 0 aliphatic rings. The van der Waals surface area contributed by atoms with Crippen molar-refractivity contribution < 1.29 is 0 Å². The molecule has 0 unspecified atom stereocenters. The van der Waals surface area contributed by atoms with Crippen molar-refractivity contribution in [3.05, 3.63) is 64.0 Å². The molecule has 29 heavy (non-hydrogen) atoms. The van der Waals surface area contributed by atoms with Crippen molar-refractivity contribution >= 4 is 58.8 Å². The third-order valence-electron chi connectivity index (χ3n) is 4.26. The van der Waals surface area contributed by atoms with Crippen molar-refractivity contribution in [1.29, 1.82) is 0 Å². The number of nitrogens with one attached hydrogen (secondary N) is 2. The highest BCUT2D eigenvalue weighted by molar-refractivity contribution is 14.0. The quantitative estimate of drug-likeness (QED) is 0.190. The van der Waals surface area contributed by atoms with E-state index in [1.54, 1.807) is 6.07 Å². The number of guanidine groups is 1. The Labute approximate surface area is 198 Å². The van der Waals surface area contributed by atoms with Crippen molar-refractivity contribution in [3.63, 3.8) is 0 Å². The molecule has 0 spiro atoms. The van der Waals surface area contributed by atoms with Crippen LogP contribution in [0.3, 0.4) is 0 Å². The smallest absolute Gasteiger partial charge is 0.191 e. The highest BCUT2D eigenvalue weighted by Gasteiger charge is 2.05. The van der Waals surface area contributed by atoms with Crippen molar-refractivity contribution in [3.8, 4) is 0 Å². The van der Waals surface area contributed by atoms with Gasteiger partial charge in [-0.2, -0.15) is 0 Å². The predicted molar refractivity (Wildman–Crippen MR) is 131 cm³/mol. The van der Waals surface area contributed by atoms with Gasteiger partial charge in [0.1, 0.15) is 5.82 Å². The van der Waals surface area contributed by atoms with Gasteiger partial charge >= 0.3 is 0 Å². The number of aryl methyl sites for hydroxylation is 1. The van der Waals surface area contributed by atoms with Gasteiger partial charge in [-0.3, -0.25) is 9.39 Å². The Hall–Kier alpha value is -1.58. The van der Waals surface area contributed by atoms with Crippen LogP contribution in [0, 0.1) is 0 Å². The SMILES string of the molecule is CCNC(=NCCCc1ccc(Cl)cc1Cl)NCCc1nnc2ccccn12.I. The lowest BCUT2D eigenvalue weighted by Crippen LogP contribution is -2.38. The molecule has 0 radical (unpaired) electrons. The molecule has 0 atom stereocenters. The second-order valence-corrected chi connectivity index (χ2v) is 7.17. The largest absolute Gasteiger partial charge is 0.357 e. The fourth-order valence-electron chi connectivity index (χ4n) is 2.88. The molecule has 2 N–H and O–H groups in total. The number of halogens is 3. The number of aliphatic imine (C=N–C) groups is 1. The molecule has 2 aromatic heterocycles. The zero-order valence-corrected chi connectivity index (χ0v) is 20.1. The van der Waals surface area contributed by atoms with E-state index in [9.17, 15) is 0 Å². The summed E-state index contributed by atoms with van der Waals surface area (Å²) in [6.07, 6.45) is 4.51. The Bertz CT molecular complexity index is 944. The van der Waals surface area contributed by atoms with E-state index < -0.39 is 0 Å². The lowest BCUT2D eigenvalue weighted by molar-refractivity contribution is 0.753. The summed E-state index contributed by atoms with van der Waals surface area (Å²) < 4.78 is 2.00. The Morgan fingerprint density at radius 3 is 2.76 bits per heavy atom. The zero-order chi connectivity index (χ0) is 19.8. The molecule has 0 saturated carbocycles. The van der Waals surface area contributed by atoms with Crippen LogP contribution in [-0.2, 0) is 12.8 Å². The number of pyridine rings is 1. The van der Waals surface area contributed by atoms with Crippen LogP contribution in [0.1, 0.15) is 24.7 Å². The minimum Gasteiger partial charge on any atom is -0.357 e. The predicted octanol–water partition coefficient (Wildman–Crippen LogP) is 4.38. The van der Waals surface area contributed by atoms with Crippen LogP contribution in [0.25, 0.3) is 5.65 Å². The van der Waals surface area contributed by atoms with Crippen LogP contribution < -0.4 is 10.6 Å². The lowest BCUT2D eigenvalue weighted by Gasteiger charge is -2.11. The minimum absolute atomic E-state index is 0. The first-order valence-electron chi connectivity index (χ1n) is 9.42. The molecule has 1 aromatic carbocycles. The summed E-state index contributed by atoms with van der Waals surface area (Å²) >= 11 is 12.2. The molecule has 156 valence electrons. The van der Waals surface area contributed by atoms with Gasteiger partial charge in [-0.1, -0.05) is 35.3 Å². The van der Waals surface area contributed by atoms with E-state index in [4.69, 9.17) is 23.2 Å². The molecule has 3 rings (SSSR count). The van der Waals surface area contributed by atoms with Crippen LogP contribution in [0.4, 0.5) is 0 Å². The topological polar surface area (TPSA) is 66.6 Å². The van der Waals surface area contributed by atoms with Gasteiger partial charge in [-0.05, 0) is 49.6 Å². The van der Waals surface area contributed by atoms with Crippen molar-refractivity contribution in [1.82, 2.24) is 25.2 Å². The third-order valence-corrected chi connectivity index (χ3v) is 4.85. The van der Waals surface area contributed by atoms with Crippen molar-refractivity contribution in [2.24, 2.45) is 4.99 Å². The van der Waals surface area contributed by atoms with Gasteiger partial charge in [-0.15, -0.1) is 34.2 Å². The molecule has 0 fully saturated rings. The van der Waals surface area contributed by atoms with Gasteiger partial charge in [-0.25, -0.2) is 0 Å². The molecule has 0 saturated heterocycles. The molecular formula is C20H25Cl2IN6. The van der Waals surface area contributed by atoms with E-state index in [0.717, 1.165) is 55.3 Å². The molecule has 6 nitrogen and oxygen atoms in total. The van der Waals surface area contributed by atoms with E-state index >= 15 is 0 Å². The third kappa shape index (κ3) is 7.01. The van der Waals surface area contributed by atoms with E-state index in [1.165, 1.54) is 0 Å². The number of hydrogen-bond donors (Lipinski definition) is 2. The lowest BCUT2D eigenvalue weighted by atomic mass is 10.1. The summed E-state index contributed by atoms with van der Waals surface area (Å²) in [7, 11) is 0. The Morgan fingerprint density at radius 2 is 1.97 bits per heavy atom. The van der Waals surface area contributed by atoms with Gasteiger partial charge in [0.15, 0.2) is 11.6 Å². The minimum atomic E-state index is 0. The first-order chi connectivity index (χ1) is 13.7. The van der Waals surface area contributed by atoms with Crippen LogP contribution in [0.5, 0.6) is 0 Å². The van der Waals surface area contributed by atoms with Gasteiger partial charge in [0.25, 0.3) is 0 Å². The summed E-state index contributed by atoms with van der Waals surface area (Å²) in [6, 6.07) is 11.5. The molecule has 0 aliphatic carbocycles. The number of nitrogens with zero attached hydrogens (tertiary/aromatic N) is 4. The molecule has 2 heterocycles. The highest BCUT2D eigenvalue weighted by atomic mass is 127. The van der Waals surface area contributed by atoms with Crippen LogP contribution >= 0.6 is 47.2 Å². The van der Waals surface area contributed by atoms with Crippen LogP contribution in [-0.4, -0.2) is 40.2 Å². The Kier molecular flexibility index (Phi) is 9.96. The maximum absolute atomic E-state index is 6.22. The first kappa shape index (κ1) is 23.7. The number of benzene rings is 1. The summed E-state index contributed by atoms with van der Waals surface area (Å²) in [5, 5.41) is 16.4. The second-order valence-electron chi connectivity index (χ2n) is 6.32. The van der Waals surface area contributed by atoms with Gasteiger partial charge in [0.2, 0.25) is 0 Å². The van der Waals surface area contributed by atoms with Crippen molar-refractivity contribution in [2.45, 2.75) is 26.2 Å². The maximum atomic E-state index is 6.22. The molecular weight excluding hydrogens is 522 g/mol. The number of hydrogen-bond acceptors (Lipinski definition) is 3. The average Bonchev–Trinajstić information content (AvgIpc) is 3.10. The van der Waals surface area contributed by atoms with Crippen LogP contribution in [0.2, 0.25) is 10.0 Å². The molecule has 0 aliphatic heterocycles. The van der Waals surface area contributed by atoms with E-state index in [2.05, 4.69) is 32.7 Å².